The summed E-state index contributed by atoms with van der Waals surface area (Å²) in [6.45, 7) is 0. The molecule has 4 heteroatoms. The summed E-state index contributed by atoms with van der Waals surface area (Å²) in [6, 6.07) is 14.1. The van der Waals surface area contributed by atoms with E-state index in [4.69, 9.17) is 0 Å². The van der Waals surface area contributed by atoms with Crippen LogP contribution in [0.3, 0.4) is 0 Å². The number of halogens is 1. The minimum absolute atomic E-state index is 0.0630. The molecule has 0 spiro atoms. The lowest BCUT2D eigenvalue weighted by atomic mass is 9.82. The smallest absolute Gasteiger partial charge is 0.166 e. The van der Waals surface area contributed by atoms with Crippen LogP contribution in [0.5, 0.6) is 0 Å². The standard InChI is InChI=1S/C19H15FN2O/c20-14-7-5-12(6-8-14)13-9-18-15(19(23)10-13)11-21-16-3-1-2-4-17(16)22-18/h1-8,11,13,22H,9-10H2/t13-/m0/s1. The molecule has 0 bridgehead atoms. The first kappa shape index (κ1) is 13.9. The third-order valence-corrected chi connectivity index (χ3v) is 4.37. The molecule has 1 aliphatic carbocycles. The van der Waals surface area contributed by atoms with Crippen molar-refractivity contribution in [2.24, 2.45) is 4.99 Å². The molecule has 114 valence electrons. The molecule has 3 nitrogen and oxygen atoms in total. The first-order chi connectivity index (χ1) is 11.2. The molecular formula is C19H15FN2O. The van der Waals surface area contributed by atoms with Gasteiger partial charge in [-0.2, -0.15) is 0 Å². The number of hydrogen-bond acceptors (Lipinski definition) is 3. The maximum Gasteiger partial charge on any atom is 0.166 e. The average Bonchev–Trinajstić information content (AvgIpc) is 2.74. The number of nitrogens with one attached hydrogen (secondary N) is 1. The third kappa shape index (κ3) is 2.57. The minimum atomic E-state index is -0.260. The predicted molar refractivity (Wildman–Crippen MR) is 88.6 cm³/mol. The highest BCUT2D eigenvalue weighted by Crippen LogP contribution is 2.38. The number of nitrogens with zero attached hydrogens (tertiary/aromatic N) is 1. The van der Waals surface area contributed by atoms with E-state index in [0.29, 0.717) is 18.4 Å². The Morgan fingerprint density at radius 2 is 1.83 bits per heavy atom. The van der Waals surface area contributed by atoms with Crippen molar-refractivity contribution in [1.29, 1.82) is 0 Å². The Hall–Kier alpha value is -2.75. The lowest BCUT2D eigenvalue weighted by Crippen LogP contribution is -2.22. The molecule has 1 aliphatic heterocycles. The van der Waals surface area contributed by atoms with Crippen LogP contribution >= 0.6 is 0 Å². The van der Waals surface area contributed by atoms with Crippen molar-refractivity contribution >= 4 is 23.4 Å². The SMILES string of the molecule is O=C1C[C@@H](c2ccc(F)cc2)CC2=C1C=Nc1ccccc1N2. The highest BCUT2D eigenvalue weighted by molar-refractivity contribution is 6.16. The van der Waals surface area contributed by atoms with Gasteiger partial charge in [0.25, 0.3) is 0 Å². The van der Waals surface area contributed by atoms with Crippen molar-refractivity contribution in [3.8, 4) is 0 Å². The fraction of sp³-hybridized carbons (Fsp3) is 0.158. The van der Waals surface area contributed by atoms with E-state index in [0.717, 1.165) is 22.6 Å². The van der Waals surface area contributed by atoms with Crippen LogP contribution in [0.4, 0.5) is 15.8 Å². The average molecular weight is 306 g/mol. The van der Waals surface area contributed by atoms with Gasteiger partial charge < -0.3 is 5.32 Å². The lowest BCUT2D eigenvalue weighted by Gasteiger charge is -2.25. The van der Waals surface area contributed by atoms with E-state index < -0.39 is 0 Å². The Morgan fingerprint density at radius 3 is 2.65 bits per heavy atom. The van der Waals surface area contributed by atoms with Gasteiger partial charge >= 0.3 is 0 Å². The zero-order chi connectivity index (χ0) is 15.8. The number of anilines is 1. The number of fused-ring (bicyclic) bond motifs is 1. The molecule has 0 unspecified atom stereocenters. The molecule has 4 rings (SSSR count). The van der Waals surface area contributed by atoms with Crippen molar-refractivity contribution < 1.29 is 9.18 Å². The fourth-order valence-electron chi connectivity index (χ4n) is 3.16. The molecular weight excluding hydrogens is 291 g/mol. The first-order valence-corrected chi connectivity index (χ1v) is 7.62. The summed E-state index contributed by atoms with van der Waals surface area (Å²) in [7, 11) is 0. The van der Waals surface area contributed by atoms with Gasteiger partial charge in [0.15, 0.2) is 5.78 Å². The summed E-state index contributed by atoms with van der Waals surface area (Å²) in [5.41, 5.74) is 4.26. The first-order valence-electron chi connectivity index (χ1n) is 7.62. The molecule has 1 atom stereocenters. The maximum absolute atomic E-state index is 13.1. The normalized spacial score (nSPS) is 19.7. The number of benzene rings is 2. The molecule has 0 aromatic heterocycles. The van der Waals surface area contributed by atoms with Crippen molar-refractivity contribution in [1.82, 2.24) is 0 Å². The van der Waals surface area contributed by atoms with Crippen LogP contribution in [0.1, 0.15) is 24.3 Å². The van der Waals surface area contributed by atoms with Crippen molar-refractivity contribution in [3.63, 3.8) is 0 Å². The fourth-order valence-corrected chi connectivity index (χ4v) is 3.16. The van der Waals surface area contributed by atoms with Crippen LogP contribution < -0.4 is 5.32 Å². The summed E-state index contributed by atoms with van der Waals surface area (Å²) in [5.74, 6) is -0.123. The van der Waals surface area contributed by atoms with Crippen LogP contribution in [0.2, 0.25) is 0 Å². The van der Waals surface area contributed by atoms with E-state index in [1.165, 1.54) is 12.1 Å². The van der Waals surface area contributed by atoms with Gasteiger partial charge in [-0.25, -0.2) is 4.39 Å². The number of hydrogen-bond donors (Lipinski definition) is 1. The molecule has 0 saturated carbocycles. The number of aliphatic imine (C=N–C) groups is 1. The Morgan fingerprint density at radius 1 is 1.04 bits per heavy atom. The molecule has 0 fully saturated rings. The molecule has 1 heterocycles. The van der Waals surface area contributed by atoms with Gasteiger partial charge in [0, 0.05) is 18.3 Å². The van der Waals surface area contributed by atoms with Gasteiger partial charge in [-0.3, -0.25) is 9.79 Å². The third-order valence-electron chi connectivity index (χ3n) is 4.37. The number of para-hydroxylation sites is 2. The quantitative estimate of drug-likeness (QED) is 0.850. The molecule has 1 N–H and O–H groups in total. The highest BCUT2D eigenvalue weighted by atomic mass is 19.1. The number of carbonyl (C=O) groups is 1. The number of allylic oxidation sites excluding steroid dienone is 2. The van der Waals surface area contributed by atoms with Gasteiger partial charge in [-0.05, 0) is 42.2 Å². The maximum atomic E-state index is 13.1. The van der Waals surface area contributed by atoms with E-state index in [1.807, 2.05) is 24.3 Å². The molecule has 2 aromatic carbocycles. The molecule has 2 aliphatic rings. The summed E-state index contributed by atoms with van der Waals surface area (Å²) in [5, 5.41) is 3.36. The van der Waals surface area contributed by atoms with Crippen LogP contribution in [0, 0.1) is 5.82 Å². The van der Waals surface area contributed by atoms with Crippen LogP contribution in [-0.4, -0.2) is 12.0 Å². The van der Waals surface area contributed by atoms with Crippen molar-refractivity contribution in [3.05, 3.63) is 71.2 Å². The number of rotatable bonds is 1. The molecule has 0 radical (unpaired) electrons. The monoisotopic (exact) mass is 306 g/mol. The van der Waals surface area contributed by atoms with E-state index in [9.17, 15) is 9.18 Å². The molecule has 2 aromatic rings. The van der Waals surface area contributed by atoms with Gasteiger partial charge in [0.2, 0.25) is 0 Å². The Labute approximate surface area is 133 Å². The summed E-state index contributed by atoms with van der Waals surface area (Å²) in [4.78, 5) is 16.9. The van der Waals surface area contributed by atoms with E-state index >= 15 is 0 Å². The zero-order valence-electron chi connectivity index (χ0n) is 12.4. The van der Waals surface area contributed by atoms with E-state index in [2.05, 4.69) is 10.3 Å². The second-order valence-electron chi connectivity index (χ2n) is 5.87. The van der Waals surface area contributed by atoms with Gasteiger partial charge in [0.05, 0.1) is 16.9 Å². The minimum Gasteiger partial charge on any atom is -0.356 e. The van der Waals surface area contributed by atoms with Crippen molar-refractivity contribution in [2.75, 3.05) is 5.32 Å². The highest BCUT2D eigenvalue weighted by Gasteiger charge is 2.29. The predicted octanol–water partition coefficient (Wildman–Crippen LogP) is 4.35. The summed E-state index contributed by atoms with van der Waals surface area (Å²) >= 11 is 0. The zero-order valence-corrected chi connectivity index (χ0v) is 12.4. The van der Waals surface area contributed by atoms with Crippen LogP contribution in [0.15, 0.2) is 64.8 Å². The van der Waals surface area contributed by atoms with E-state index in [-0.39, 0.29) is 17.5 Å². The molecule has 23 heavy (non-hydrogen) atoms. The van der Waals surface area contributed by atoms with E-state index in [1.54, 1.807) is 18.3 Å². The van der Waals surface area contributed by atoms with Gasteiger partial charge in [-0.15, -0.1) is 0 Å². The van der Waals surface area contributed by atoms with Gasteiger partial charge in [-0.1, -0.05) is 24.3 Å². The van der Waals surface area contributed by atoms with Gasteiger partial charge in [0.1, 0.15) is 5.82 Å². The largest absolute Gasteiger partial charge is 0.356 e. The Kier molecular flexibility index (Phi) is 3.30. The summed E-state index contributed by atoms with van der Waals surface area (Å²) < 4.78 is 13.1. The van der Waals surface area contributed by atoms with Crippen LogP contribution in [-0.2, 0) is 4.79 Å². The Balaban J connectivity index is 1.69. The number of ketones is 1. The topological polar surface area (TPSA) is 41.5 Å². The summed E-state index contributed by atoms with van der Waals surface area (Å²) in [6.07, 6.45) is 2.80. The van der Waals surface area contributed by atoms with Crippen LogP contribution in [0.25, 0.3) is 0 Å². The Bertz CT molecular complexity index is 837. The molecule has 0 amide bonds. The second-order valence-corrected chi connectivity index (χ2v) is 5.87. The number of carbonyl (C=O) groups excluding carboxylic acids is 1. The molecule has 0 saturated heterocycles. The lowest BCUT2D eigenvalue weighted by molar-refractivity contribution is -0.115. The van der Waals surface area contributed by atoms with Crippen molar-refractivity contribution in [2.45, 2.75) is 18.8 Å². The second kappa shape index (κ2) is 5.47. The number of Topliss-reactive ketones (excluding diaryl/α,β-unsaturated/α-hetero) is 1.